The lowest BCUT2D eigenvalue weighted by Gasteiger charge is -2.39. The van der Waals surface area contributed by atoms with Gasteiger partial charge >= 0.3 is 0 Å². The third-order valence-corrected chi connectivity index (χ3v) is 4.22. The van der Waals surface area contributed by atoms with E-state index in [0.717, 1.165) is 24.6 Å². The number of likely N-dealkylation sites (N-methyl/N-ethyl adjacent to an activating group) is 1. The van der Waals surface area contributed by atoms with Crippen molar-refractivity contribution < 1.29 is 0 Å². The Hall–Kier alpha value is -2.10. The van der Waals surface area contributed by atoms with Crippen molar-refractivity contribution in [2.45, 2.75) is 25.8 Å². The van der Waals surface area contributed by atoms with Gasteiger partial charge in [0.2, 0.25) is 0 Å². The molecule has 2 heterocycles. The summed E-state index contributed by atoms with van der Waals surface area (Å²) in [6.45, 7) is 4.19. The summed E-state index contributed by atoms with van der Waals surface area (Å²) in [6.07, 6.45) is 4.08. The molecule has 1 fully saturated rings. The Bertz CT molecular complexity index is 584. The zero-order valence-corrected chi connectivity index (χ0v) is 12.7. The third-order valence-electron chi connectivity index (χ3n) is 4.22. The van der Waals surface area contributed by atoms with E-state index in [-0.39, 0.29) is 0 Å². The molecule has 1 aliphatic heterocycles. The van der Waals surface area contributed by atoms with Gasteiger partial charge in [-0.05, 0) is 31.9 Å². The Kier molecular flexibility index (Phi) is 4.04. The first-order chi connectivity index (χ1) is 10.2. The topological polar surface area (TPSA) is 32.3 Å². The molecule has 1 aliphatic rings. The van der Waals surface area contributed by atoms with Crippen LogP contribution in [0.3, 0.4) is 0 Å². The molecular weight excluding hydrogens is 260 g/mol. The van der Waals surface area contributed by atoms with Gasteiger partial charge in [-0.1, -0.05) is 18.2 Å². The molecule has 0 bridgehead atoms. The molecule has 0 aliphatic carbocycles. The third kappa shape index (κ3) is 3.15. The van der Waals surface area contributed by atoms with Gasteiger partial charge in [-0.2, -0.15) is 0 Å². The zero-order chi connectivity index (χ0) is 14.7. The minimum Gasteiger partial charge on any atom is -0.369 e. The fraction of sp³-hybridized carbons (Fsp3) is 0.412. The highest BCUT2D eigenvalue weighted by Crippen LogP contribution is 2.24. The smallest absolute Gasteiger partial charge is 0.132 e. The molecule has 0 N–H and O–H groups in total. The Morgan fingerprint density at radius 2 is 2.00 bits per heavy atom. The second kappa shape index (κ2) is 6.12. The van der Waals surface area contributed by atoms with Crippen molar-refractivity contribution in [1.82, 2.24) is 9.97 Å². The summed E-state index contributed by atoms with van der Waals surface area (Å²) in [5, 5.41) is 0. The number of anilines is 2. The van der Waals surface area contributed by atoms with Crippen molar-refractivity contribution in [3.8, 4) is 0 Å². The molecule has 2 aromatic rings. The molecule has 4 heteroatoms. The number of piperidine rings is 1. The molecule has 21 heavy (non-hydrogen) atoms. The van der Waals surface area contributed by atoms with E-state index in [1.807, 2.05) is 6.92 Å². The van der Waals surface area contributed by atoms with Crippen LogP contribution in [-0.2, 0) is 0 Å². The van der Waals surface area contributed by atoms with Crippen LogP contribution in [0.1, 0.15) is 18.5 Å². The lowest BCUT2D eigenvalue weighted by molar-refractivity contribution is 0.485. The molecular formula is C17H22N4. The molecule has 1 saturated heterocycles. The van der Waals surface area contributed by atoms with Crippen molar-refractivity contribution >= 4 is 11.5 Å². The predicted molar refractivity (Wildman–Crippen MR) is 86.8 cm³/mol. The van der Waals surface area contributed by atoms with E-state index in [1.165, 1.54) is 18.5 Å². The first kappa shape index (κ1) is 13.9. The molecule has 0 radical (unpaired) electrons. The van der Waals surface area contributed by atoms with Gasteiger partial charge < -0.3 is 9.80 Å². The molecule has 4 nitrogen and oxygen atoms in total. The van der Waals surface area contributed by atoms with E-state index >= 15 is 0 Å². The average Bonchev–Trinajstić information content (AvgIpc) is 2.55. The van der Waals surface area contributed by atoms with E-state index in [1.54, 1.807) is 6.33 Å². The monoisotopic (exact) mass is 282 g/mol. The minimum atomic E-state index is 0.494. The van der Waals surface area contributed by atoms with Gasteiger partial charge in [0.1, 0.15) is 12.1 Å². The van der Waals surface area contributed by atoms with Crippen LogP contribution in [-0.4, -0.2) is 36.1 Å². The fourth-order valence-corrected chi connectivity index (χ4v) is 2.96. The molecule has 1 aromatic heterocycles. The van der Waals surface area contributed by atoms with Gasteiger partial charge in [0, 0.05) is 43.6 Å². The van der Waals surface area contributed by atoms with Crippen LogP contribution in [0, 0.1) is 6.92 Å². The van der Waals surface area contributed by atoms with Gasteiger partial charge in [-0.25, -0.2) is 9.97 Å². The Morgan fingerprint density at radius 3 is 2.76 bits per heavy atom. The van der Waals surface area contributed by atoms with E-state index < -0.39 is 0 Å². The van der Waals surface area contributed by atoms with Crippen molar-refractivity contribution in [2.75, 3.05) is 29.9 Å². The summed E-state index contributed by atoms with van der Waals surface area (Å²) in [7, 11) is 2.14. The van der Waals surface area contributed by atoms with Crippen LogP contribution in [0.4, 0.5) is 11.5 Å². The van der Waals surface area contributed by atoms with Crippen LogP contribution in [0.2, 0.25) is 0 Å². The Morgan fingerprint density at radius 1 is 1.19 bits per heavy atom. The predicted octanol–water partition coefficient (Wildman–Crippen LogP) is 2.89. The minimum absolute atomic E-state index is 0.494. The summed E-state index contributed by atoms with van der Waals surface area (Å²) in [5.74, 6) is 1.02. The second-order valence-electron chi connectivity index (χ2n) is 5.71. The van der Waals surface area contributed by atoms with Crippen molar-refractivity contribution in [3.63, 3.8) is 0 Å². The normalized spacial score (nSPS) is 18.6. The van der Waals surface area contributed by atoms with E-state index in [9.17, 15) is 0 Å². The number of benzene rings is 1. The van der Waals surface area contributed by atoms with Gasteiger partial charge in [-0.15, -0.1) is 0 Å². The van der Waals surface area contributed by atoms with Gasteiger partial charge in [0.25, 0.3) is 0 Å². The SMILES string of the molecule is Cc1cc(N(C)C2CCCN(c3ccccc3)C2)ncn1. The number of rotatable bonds is 3. The highest BCUT2D eigenvalue weighted by Gasteiger charge is 2.24. The number of aryl methyl sites for hydroxylation is 1. The fourth-order valence-electron chi connectivity index (χ4n) is 2.96. The largest absolute Gasteiger partial charge is 0.369 e. The maximum Gasteiger partial charge on any atom is 0.132 e. The first-order valence-electron chi connectivity index (χ1n) is 7.55. The zero-order valence-electron chi connectivity index (χ0n) is 12.7. The first-order valence-corrected chi connectivity index (χ1v) is 7.55. The maximum atomic E-state index is 4.41. The highest BCUT2D eigenvalue weighted by atomic mass is 15.3. The van der Waals surface area contributed by atoms with E-state index in [4.69, 9.17) is 0 Å². The second-order valence-corrected chi connectivity index (χ2v) is 5.71. The molecule has 1 unspecified atom stereocenters. The molecule has 3 rings (SSSR count). The summed E-state index contributed by atoms with van der Waals surface area (Å²) >= 11 is 0. The Balaban J connectivity index is 1.74. The van der Waals surface area contributed by atoms with Crippen LogP contribution in [0.15, 0.2) is 42.7 Å². The highest BCUT2D eigenvalue weighted by molar-refractivity contribution is 5.48. The van der Waals surface area contributed by atoms with Crippen LogP contribution >= 0.6 is 0 Å². The van der Waals surface area contributed by atoms with Gasteiger partial charge in [0.15, 0.2) is 0 Å². The van der Waals surface area contributed by atoms with Crippen LogP contribution < -0.4 is 9.80 Å². The molecule has 1 aromatic carbocycles. The number of hydrogen-bond acceptors (Lipinski definition) is 4. The van der Waals surface area contributed by atoms with Crippen LogP contribution in [0.25, 0.3) is 0 Å². The summed E-state index contributed by atoms with van der Waals surface area (Å²) in [5.41, 5.74) is 2.33. The lowest BCUT2D eigenvalue weighted by atomic mass is 10.0. The summed E-state index contributed by atoms with van der Waals surface area (Å²) < 4.78 is 0. The molecule has 110 valence electrons. The quantitative estimate of drug-likeness (QED) is 0.866. The number of hydrogen-bond donors (Lipinski definition) is 0. The number of para-hydroxylation sites is 1. The Labute approximate surface area is 126 Å². The average molecular weight is 282 g/mol. The number of aromatic nitrogens is 2. The van der Waals surface area contributed by atoms with Crippen molar-refractivity contribution in [1.29, 1.82) is 0 Å². The molecule has 1 atom stereocenters. The molecule has 0 amide bonds. The van der Waals surface area contributed by atoms with E-state index in [0.29, 0.717) is 6.04 Å². The van der Waals surface area contributed by atoms with Crippen molar-refractivity contribution in [2.24, 2.45) is 0 Å². The van der Waals surface area contributed by atoms with Gasteiger partial charge in [-0.3, -0.25) is 0 Å². The van der Waals surface area contributed by atoms with Crippen molar-refractivity contribution in [3.05, 3.63) is 48.4 Å². The van der Waals surface area contributed by atoms with Gasteiger partial charge in [0.05, 0.1) is 0 Å². The van der Waals surface area contributed by atoms with Crippen LogP contribution in [0.5, 0.6) is 0 Å². The summed E-state index contributed by atoms with van der Waals surface area (Å²) in [4.78, 5) is 13.4. The maximum absolute atomic E-state index is 4.41. The standard InChI is InChI=1S/C17H22N4/c1-14-11-17(19-13-18-14)20(2)16-9-6-10-21(12-16)15-7-4-3-5-8-15/h3-5,7-8,11,13,16H,6,9-10,12H2,1-2H3. The number of nitrogens with zero attached hydrogens (tertiary/aromatic N) is 4. The molecule has 0 saturated carbocycles. The lowest BCUT2D eigenvalue weighted by Crippen LogP contribution is -2.47. The summed E-state index contributed by atoms with van der Waals surface area (Å²) in [6, 6.07) is 13.2. The van der Waals surface area contributed by atoms with E-state index in [2.05, 4.69) is 63.2 Å². The molecule has 0 spiro atoms.